The molecule has 23 heavy (non-hydrogen) atoms. The van der Waals surface area contributed by atoms with Crippen LogP contribution in [0.1, 0.15) is 10.4 Å². The fourth-order valence-corrected chi connectivity index (χ4v) is 2.15. The summed E-state index contributed by atoms with van der Waals surface area (Å²) in [6.07, 6.45) is 0. The van der Waals surface area contributed by atoms with Gasteiger partial charge in [-0.25, -0.2) is 4.79 Å². The van der Waals surface area contributed by atoms with Crippen molar-refractivity contribution in [2.75, 3.05) is 0 Å². The molecule has 0 aromatic heterocycles. The number of rotatable bonds is 3. The van der Waals surface area contributed by atoms with Crippen molar-refractivity contribution in [2.24, 2.45) is 10.2 Å². The van der Waals surface area contributed by atoms with Crippen molar-refractivity contribution in [3.05, 3.63) is 66.2 Å². The molecule has 1 N–H and O–H groups in total. The first kappa shape index (κ1) is 17.1. The summed E-state index contributed by atoms with van der Waals surface area (Å²) in [5.74, 6) is -1.26. The summed E-state index contributed by atoms with van der Waals surface area (Å²) in [6.45, 7) is 0. The molecule has 3 aromatic rings. The van der Waals surface area contributed by atoms with Crippen LogP contribution in [-0.4, -0.2) is 11.1 Å². The van der Waals surface area contributed by atoms with Crippen molar-refractivity contribution in [3.8, 4) is 5.75 Å². The Balaban J connectivity index is 0.00000192. The summed E-state index contributed by atoms with van der Waals surface area (Å²) < 4.78 is 0. The molecule has 0 saturated heterocycles. The Morgan fingerprint density at radius 2 is 1.74 bits per heavy atom. The molecule has 0 aliphatic heterocycles. The molecule has 0 aliphatic carbocycles. The molecule has 0 radical (unpaired) electrons. The number of carboxylic acids is 1. The molecule has 0 unspecified atom stereocenters. The normalized spacial score (nSPS) is 10.6. The van der Waals surface area contributed by atoms with Gasteiger partial charge in [0.25, 0.3) is 0 Å². The fourth-order valence-electron chi connectivity index (χ4n) is 2.15. The smallest absolute Gasteiger partial charge is 0.871 e. The zero-order valence-electron chi connectivity index (χ0n) is 12.4. The Kier molecular flexibility index (Phi) is 5.50. The molecule has 6 heteroatoms. The molecule has 0 atom stereocenters. The van der Waals surface area contributed by atoms with Crippen LogP contribution in [0.15, 0.2) is 70.9 Å². The van der Waals surface area contributed by atoms with Crippen LogP contribution in [0.2, 0.25) is 0 Å². The van der Waals surface area contributed by atoms with Gasteiger partial charge in [-0.15, -0.1) is 0 Å². The predicted octanol–water partition coefficient (Wildman–Crippen LogP) is 1.03. The van der Waals surface area contributed by atoms with E-state index in [1.54, 1.807) is 24.3 Å². The molecule has 0 amide bonds. The second-order valence-electron chi connectivity index (χ2n) is 4.69. The minimum atomic E-state index is -1.04. The number of benzene rings is 3. The van der Waals surface area contributed by atoms with Crippen LogP contribution in [0.4, 0.5) is 11.4 Å². The number of aromatic carboxylic acids is 1. The monoisotopic (exact) mass is 314 g/mol. The molecule has 3 aromatic carbocycles. The summed E-state index contributed by atoms with van der Waals surface area (Å²) in [5, 5.41) is 30.6. The quantitative estimate of drug-likeness (QED) is 0.579. The van der Waals surface area contributed by atoms with Crippen molar-refractivity contribution < 1.29 is 44.6 Å². The van der Waals surface area contributed by atoms with E-state index in [1.165, 1.54) is 18.2 Å². The van der Waals surface area contributed by atoms with Gasteiger partial charge in [0.15, 0.2) is 0 Å². The molecular formula is C17H11N2NaO3. The Labute approximate surface area is 154 Å². The van der Waals surface area contributed by atoms with E-state index < -0.39 is 5.97 Å². The maximum Gasteiger partial charge on any atom is 1.00 e. The van der Waals surface area contributed by atoms with E-state index in [1.807, 2.05) is 18.2 Å². The maximum absolute atomic E-state index is 12.0. The maximum atomic E-state index is 12.0. The van der Waals surface area contributed by atoms with Gasteiger partial charge in [-0.1, -0.05) is 48.2 Å². The molecule has 3 rings (SSSR count). The van der Waals surface area contributed by atoms with E-state index in [4.69, 9.17) is 5.11 Å². The van der Waals surface area contributed by atoms with Gasteiger partial charge in [0.2, 0.25) is 0 Å². The molecular weight excluding hydrogens is 303 g/mol. The van der Waals surface area contributed by atoms with Gasteiger partial charge in [-0.2, -0.15) is 10.2 Å². The van der Waals surface area contributed by atoms with Crippen LogP contribution in [0, 0.1) is 0 Å². The number of carbonyl (C=O) groups is 1. The first-order valence-corrected chi connectivity index (χ1v) is 6.59. The molecule has 0 bridgehead atoms. The van der Waals surface area contributed by atoms with E-state index in [9.17, 15) is 9.90 Å². The molecule has 108 valence electrons. The first-order chi connectivity index (χ1) is 10.6. The largest absolute Gasteiger partial charge is 1.00 e. The number of hydrogen-bond acceptors (Lipinski definition) is 4. The first-order valence-electron chi connectivity index (χ1n) is 6.59. The Morgan fingerprint density at radius 3 is 2.52 bits per heavy atom. The zero-order valence-corrected chi connectivity index (χ0v) is 14.4. The van der Waals surface area contributed by atoms with Crippen LogP contribution < -0.4 is 34.7 Å². The second-order valence-corrected chi connectivity index (χ2v) is 4.69. The third-order valence-electron chi connectivity index (χ3n) is 3.22. The SMILES string of the molecule is O=C(O)c1cccc(N=Nc2c([O-])ccc3ccccc23)c1.[Na+]. The van der Waals surface area contributed by atoms with Crippen molar-refractivity contribution in [3.63, 3.8) is 0 Å². The summed E-state index contributed by atoms with van der Waals surface area (Å²) in [7, 11) is 0. The standard InChI is InChI=1S/C17H12N2O3.Na/c20-15-9-8-11-4-1-2-7-14(11)16(15)19-18-13-6-3-5-12(10-13)17(21)22;/h1-10,20H,(H,21,22);/q;+1/p-1. The third kappa shape index (κ3) is 3.76. The number of hydrogen-bond donors (Lipinski definition) is 1. The number of carboxylic acid groups (broad SMARTS) is 1. The Hall–Kier alpha value is -2.21. The van der Waals surface area contributed by atoms with E-state index in [0.29, 0.717) is 11.1 Å². The van der Waals surface area contributed by atoms with Gasteiger partial charge in [-0.05, 0) is 23.6 Å². The van der Waals surface area contributed by atoms with Crippen LogP contribution in [0.3, 0.4) is 0 Å². The number of fused-ring (bicyclic) bond motifs is 1. The molecule has 0 saturated carbocycles. The minimum Gasteiger partial charge on any atom is -0.871 e. The third-order valence-corrected chi connectivity index (χ3v) is 3.22. The minimum absolute atomic E-state index is 0. The molecule has 0 spiro atoms. The van der Waals surface area contributed by atoms with Gasteiger partial charge in [0.05, 0.1) is 16.9 Å². The van der Waals surface area contributed by atoms with Gasteiger partial charge < -0.3 is 10.2 Å². The average Bonchev–Trinajstić information content (AvgIpc) is 2.54. The molecule has 0 heterocycles. The van der Waals surface area contributed by atoms with E-state index in [2.05, 4.69) is 10.2 Å². The Bertz CT molecular complexity index is 894. The van der Waals surface area contributed by atoms with Crippen molar-refractivity contribution in [1.82, 2.24) is 0 Å². The summed E-state index contributed by atoms with van der Waals surface area (Å²) in [4.78, 5) is 10.9. The topological polar surface area (TPSA) is 85.1 Å². The number of nitrogens with zero attached hydrogens (tertiary/aromatic N) is 2. The summed E-state index contributed by atoms with van der Waals surface area (Å²) >= 11 is 0. The van der Waals surface area contributed by atoms with Crippen LogP contribution >= 0.6 is 0 Å². The van der Waals surface area contributed by atoms with Gasteiger partial charge in [0.1, 0.15) is 0 Å². The summed E-state index contributed by atoms with van der Waals surface area (Å²) in [5.41, 5.74) is 0.753. The number of azo groups is 1. The fraction of sp³-hybridized carbons (Fsp3) is 0. The molecule has 0 aliphatic rings. The van der Waals surface area contributed by atoms with Crippen molar-refractivity contribution in [2.45, 2.75) is 0 Å². The summed E-state index contributed by atoms with van der Waals surface area (Å²) in [6, 6.07) is 16.7. The molecule has 5 nitrogen and oxygen atoms in total. The van der Waals surface area contributed by atoms with E-state index in [0.717, 1.165) is 5.39 Å². The van der Waals surface area contributed by atoms with E-state index >= 15 is 0 Å². The van der Waals surface area contributed by atoms with Crippen LogP contribution in [0.5, 0.6) is 5.75 Å². The zero-order chi connectivity index (χ0) is 15.5. The Morgan fingerprint density at radius 1 is 0.957 bits per heavy atom. The van der Waals surface area contributed by atoms with Gasteiger partial charge >= 0.3 is 35.5 Å². The molecule has 0 fully saturated rings. The second kappa shape index (κ2) is 7.37. The van der Waals surface area contributed by atoms with Gasteiger partial charge in [0, 0.05) is 5.39 Å². The van der Waals surface area contributed by atoms with E-state index in [-0.39, 0.29) is 46.6 Å². The van der Waals surface area contributed by atoms with Gasteiger partial charge in [-0.3, -0.25) is 0 Å². The average molecular weight is 314 g/mol. The van der Waals surface area contributed by atoms with Crippen molar-refractivity contribution >= 4 is 28.1 Å². The van der Waals surface area contributed by atoms with Crippen LogP contribution in [-0.2, 0) is 0 Å². The predicted molar refractivity (Wildman–Crippen MR) is 81.0 cm³/mol. The van der Waals surface area contributed by atoms with Crippen molar-refractivity contribution in [1.29, 1.82) is 0 Å². The van der Waals surface area contributed by atoms with Crippen LogP contribution in [0.25, 0.3) is 10.8 Å².